The van der Waals surface area contributed by atoms with Crippen molar-refractivity contribution < 1.29 is 0 Å². The van der Waals surface area contributed by atoms with Crippen molar-refractivity contribution in [2.45, 2.75) is 13.5 Å². The Morgan fingerprint density at radius 2 is 2.00 bits per heavy atom. The first kappa shape index (κ1) is 11.6. The second kappa shape index (κ2) is 5.02. The van der Waals surface area contributed by atoms with Crippen molar-refractivity contribution in [2.75, 3.05) is 5.32 Å². The van der Waals surface area contributed by atoms with Crippen molar-refractivity contribution in [1.29, 1.82) is 0 Å². The van der Waals surface area contributed by atoms with Gasteiger partial charge in [0.2, 0.25) is 5.95 Å². The van der Waals surface area contributed by atoms with Crippen LogP contribution < -0.4 is 5.32 Å². The van der Waals surface area contributed by atoms with Crippen LogP contribution in [-0.4, -0.2) is 15.0 Å². The van der Waals surface area contributed by atoms with Gasteiger partial charge in [-0.15, -0.1) is 0 Å². The molecule has 0 atom stereocenters. The maximum atomic E-state index is 4.48. The Morgan fingerprint density at radius 3 is 2.89 bits per heavy atom. The fourth-order valence-corrected chi connectivity index (χ4v) is 1.91. The summed E-state index contributed by atoms with van der Waals surface area (Å²) in [5, 5.41) is 4.28. The van der Waals surface area contributed by atoms with Crippen LogP contribution in [0, 0.1) is 6.92 Å². The lowest BCUT2D eigenvalue weighted by Gasteiger charge is -2.07. The highest BCUT2D eigenvalue weighted by Crippen LogP contribution is 2.13. The van der Waals surface area contributed by atoms with Crippen molar-refractivity contribution in [3.05, 3.63) is 60.0 Å². The van der Waals surface area contributed by atoms with Gasteiger partial charge in [-0.3, -0.25) is 4.98 Å². The van der Waals surface area contributed by atoms with Gasteiger partial charge in [0.25, 0.3) is 0 Å². The number of para-hydroxylation sites is 1. The van der Waals surface area contributed by atoms with Crippen LogP contribution in [0.3, 0.4) is 0 Å². The Morgan fingerprint density at radius 1 is 1.11 bits per heavy atom. The molecular weight excluding hydrogens is 236 g/mol. The molecule has 94 valence electrons. The van der Waals surface area contributed by atoms with Gasteiger partial charge in [-0.2, -0.15) is 0 Å². The Labute approximate surface area is 111 Å². The number of nitrogens with zero attached hydrogens (tertiary/aromatic N) is 3. The summed E-state index contributed by atoms with van der Waals surface area (Å²) >= 11 is 0. The Kier molecular flexibility index (Phi) is 3.06. The molecule has 0 saturated heterocycles. The molecule has 0 fully saturated rings. The van der Waals surface area contributed by atoms with Crippen molar-refractivity contribution in [3.63, 3.8) is 0 Å². The number of aryl methyl sites for hydroxylation is 1. The molecule has 3 aromatic rings. The van der Waals surface area contributed by atoms with Crippen LogP contribution in [-0.2, 0) is 6.54 Å². The maximum Gasteiger partial charge on any atom is 0.223 e. The van der Waals surface area contributed by atoms with Gasteiger partial charge in [-0.1, -0.05) is 18.2 Å². The SMILES string of the molecule is Cc1ccncc1CNc1ncc2ccccc2n1. The van der Waals surface area contributed by atoms with E-state index in [1.807, 2.05) is 42.7 Å². The topological polar surface area (TPSA) is 50.7 Å². The lowest BCUT2D eigenvalue weighted by atomic mass is 10.2. The third-order valence-corrected chi connectivity index (χ3v) is 3.07. The molecule has 4 heteroatoms. The molecule has 0 saturated carbocycles. The van der Waals surface area contributed by atoms with Gasteiger partial charge in [0.15, 0.2) is 0 Å². The molecule has 1 N–H and O–H groups in total. The van der Waals surface area contributed by atoms with Gasteiger partial charge in [-0.25, -0.2) is 9.97 Å². The second-order valence-electron chi connectivity index (χ2n) is 4.41. The molecule has 4 nitrogen and oxygen atoms in total. The van der Waals surface area contributed by atoms with E-state index in [4.69, 9.17) is 0 Å². The summed E-state index contributed by atoms with van der Waals surface area (Å²) in [7, 11) is 0. The van der Waals surface area contributed by atoms with E-state index < -0.39 is 0 Å². The van der Waals surface area contributed by atoms with Crippen LogP contribution in [0.2, 0.25) is 0 Å². The van der Waals surface area contributed by atoms with Crippen LogP contribution in [0.25, 0.3) is 10.9 Å². The molecule has 0 unspecified atom stereocenters. The lowest BCUT2D eigenvalue weighted by molar-refractivity contribution is 1.04. The van der Waals surface area contributed by atoms with Gasteiger partial charge < -0.3 is 5.32 Å². The average molecular weight is 250 g/mol. The van der Waals surface area contributed by atoms with Crippen molar-refractivity contribution in [3.8, 4) is 0 Å². The molecule has 0 aliphatic heterocycles. The Bertz CT molecular complexity index is 709. The number of fused-ring (bicyclic) bond motifs is 1. The molecule has 0 aliphatic carbocycles. The van der Waals surface area contributed by atoms with E-state index in [1.54, 1.807) is 6.20 Å². The minimum Gasteiger partial charge on any atom is -0.350 e. The van der Waals surface area contributed by atoms with Gasteiger partial charge >= 0.3 is 0 Å². The summed E-state index contributed by atoms with van der Waals surface area (Å²) in [5.74, 6) is 0.641. The first-order valence-corrected chi connectivity index (χ1v) is 6.18. The average Bonchev–Trinajstić information content (AvgIpc) is 2.46. The number of aromatic nitrogens is 3. The van der Waals surface area contributed by atoms with Gasteiger partial charge in [0, 0.05) is 30.5 Å². The normalized spacial score (nSPS) is 10.6. The molecular formula is C15H14N4. The number of benzene rings is 1. The van der Waals surface area contributed by atoms with Gasteiger partial charge in [0.05, 0.1) is 5.52 Å². The van der Waals surface area contributed by atoms with E-state index in [1.165, 1.54) is 5.56 Å². The van der Waals surface area contributed by atoms with E-state index in [0.29, 0.717) is 12.5 Å². The van der Waals surface area contributed by atoms with Gasteiger partial charge in [0.1, 0.15) is 0 Å². The van der Waals surface area contributed by atoms with Crippen LogP contribution in [0.1, 0.15) is 11.1 Å². The van der Waals surface area contributed by atoms with Crippen molar-refractivity contribution in [1.82, 2.24) is 15.0 Å². The predicted octanol–water partition coefficient (Wildman–Crippen LogP) is 2.95. The summed E-state index contributed by atoms with van der Waals surface area (Å²) in [6, 6.07) is 9.95. The predicted molar refractivity (Wildman–Crippen MR) is 75.8 cm³/mol. The van der Waals surface area contributed by atoms with Crippen LogP contribution in [0.5, 0.6) is 0 Å². The van der Waals surface area contributed by atoms with E-state index in [9.17, 15) is 0 Å². The highest BCUT2D eigenvalue weighted by Gasteiger charge is 2.01. The zero-order valence-electron chi connectivity index (χ0n) is 10.7. The standard InChI is InChI=1S/C15H14N4/c1-11-6-7-16-8-13(11)10-18-15-17-9-12-4-2-3-5-14(12)19-15/h2-9H,10H2,1H3,(H,17,18,19). The molecule has 19 heavy (non-hydrogen) atoms. The van der Waals surface area contributed by atoms with Crippen LogP contribution >= 0.6 is 0 Å². The lowest BCUT2D eigenvalue weighted by Crippen LogP contribution is -2.05. The number of rotatable bonds is 3. The number of hydrogen-bond acceptors (Lipinski definition) is 4. The van der Waals surface area contributed by atoms with Crippen LogP contribution in [0.15, 0.2) is 48.9 Å². The fraction of sp³-hybridized carbons (Fsp3) is 0.133. The first-order valence-electron chi connectivity index (χ1n) is 6.18. The Hall–Kier alpha value is -2.49. The zero-order valence-corrected chi connectivity index (χ0v) is 10.7. The van der Waals surface area contributed by atoms with E-state index in [0.717, 1.165) is 16.5 Å². The number of pyridine rings is 1. The molecule has 2 aromatic heterocycles. The van der Waals surface area contributed by atoms with E-state index >= 15 is 0 Å². The zero-order chi connectivity index (χ0) is 13.1. The maximum absolute atomic E-state index is 4.48. The molecule has 0 aliphatic rings. The molecule has 0 radical (unpaired) electrons. The fourth-order valence-electron chi connectivity index (χ4n) is 1.91. The molecule has 3 rings (SSSR count). The van der Waals surface area contributed by atoms with Crippen LogP contribution in [0.4, 0.5) is 5.95 Å². The molecule has 0 bridgehead atoms. The third-order valence-electron chi connectivity index (χ3n) is 3.07. The van der Waals surface area contributed by atoms with Crippen molar-refractivity contribution in [2.24, 2.45) is 0 Å². The minimum atomic E-state index is 0.641. The summed E-state index contributed by atoms with van der Waals surface area (Å²) in [6.07, 6.45) is 5.50. The number of nitrogens with one attached hydrogen (secondary N) is 1. The third kappa shape index (κ3) is 2.52. The summed E-state index contributed by atoms with van der Waals surface area (Å²) in [4.78, 5) is 12.9. The molecule has 0 amide bonds. The number of hydrogen-bond donors (Lipinski definition) is 1. The monoisotopic (exact) mass is 250 g/mol. The second-order valence-corrected chi connectivity index (χ2v) is 4.41. The highest BCUT2D eigenvalue weighted by atomic mass is 15.1. The molecule has 1 aromatic carbocycles. The van der Waals surface area contributed by atoms with E-state index in [2.05, 4.69) is 27.2 Å². The molecule has 2 heterocycles. The first-order chi connectivity index (χ1) is 9.33. The highest BCUT2D eigenvalue weighted by molar-refractivity contribution is 5.78. The summed E-state index contributed by atoms with van der Waals surface area (Å²) in [6.45, 7) is 2.75. The quantitative estimate of drug-likeness (QED) is 0.776. The Balaban J connectivity index is 1.80. The van der Waals surface area contributed by atoms with Crippen molar-refractivity contribution >= 4 is 16.9 Å². The van der Waals surface area contributed by atoms with E-state index in [-0.39, 0.29) is 0 Å². The van der Waals surface area contributed by atoms with Gasteiger partial charge in [-0.05, 0) is 30.2 Å². The smallest absolute Gasteiger partial charge is 0.223 e. The summed E-state index contributed by atoms with van der Waals surface area (Å²) < 4.78 is 0. The minimum absolute atomic E-state index is 0.641. The molecule has 0 spiro atoms. The largest absolute Gasteiger partial charge is 0.350 e. The summed E-state index contributed by atoms with van der Waals surface area (Å²) in [5.41, 5.74) is 3.31. The number of anilines is 1.